The molecule has 0 spiro atoms. The molecule has 2 rings (SSSR count). The van der Waals surface area contributed by atoms with Gasteiger partial charge >= 0.3 is 0 Å². The summed E-state index contributed by atoms with van der Waals surface area (Å²) >= 11 is 5.96. The van der Waals surface area contributed by atoms with Crippen molar-refractivity contribution in [3.05, 3.63) is 34.3 Å². The van der Waals surface area contributed by atoms with E-state index in [1.807, 2.05) is 12.1 Å². The first-order valence-corrected chi connectivity index (χ1v) is 6.44. The van der Waals surface area contributed by atoms with Gasteiger partial charge in [-0.2, -0.15) is 0 Å². The van der Waals surface area contributed by atoms with Crippen molar-refractivity contribution in [3.8, 4) is 0 Å². The Morgan fingerprint density at radius 1 is 1.47 bits per heavy atom. The van der Waals surface area contributed by atoms with Gasteiger partial charge in [0.05, 0.1) is 13.2 Å². The van der Waals surface area contributed by atoms with Crippen LogP contribution in [0.4, 0.5) is 0 Å². The molecule has 1 heterocycles. The van der Waals surface area contributed by atoms with E-state index in [9.17, 15) is 0 Å². The molecule has 0 aliphatic carbocycles. The largest absolute Gasteiger partial charge is 0.378 e. The van der Waals surface area contributed by atoms with Crippen LogP contribution in [0.3, 0.4) is 0 Å². The number of hydrogen-bond donors (Lipinski definition) is 1. The quantitative estimate of drug-likeness (QED) is 0.875. The summed E-state index contributed by atoms with van der Waals surface area (Å²) in [5, 5.41) is 4.43. The van der Waals surface area contributed by atoms with Crippen LogP contribution < -0.4 is 5.32 Å². The maximum Gasteiger partial charge on any atom is 0.0643 e. The lowest BCUT2D eigenvalue weighted by Crippen LogP contribution is -2.56. The van der Waals surface area contributed by atoms with Gasteiger partial charge in [-0.1, -0.05) is 17.7 Å². The molecule has 1 aliphatic heterocycles. The molecule has 1 atom stereocenters. The third-order valence-corrected chi connectivity index (χ3v) is 3.38. The number of hydrogen-bond acceptors (Lipinski definition) is 2. The van der Waals surface area contributed by atoms with Crippen LogP contribution >= 0.6 is 11.6 Å². The molecule has 0 radical (unpaired) electrons. The second-order valence-corrected chi connectivity index (χ2v) is 5.95. The summed E-state index contributed by atoms with van der Waals surface area (Å²) in [6.45, 7) is 8.02. The summed E-state index contributed by atoms with van der Waals surface area (Å²) in [7, 11) is 0. The number of aryl methyl sites for hydroxylation is 1. The molecule has 94 valence electrons. The summed E-state index contributed by atoms with van der Waals surface area (Å²) in [5.41, 5.74) is 2.67. The van der Waals surface area contributed by atoms with Crippen molar-refractivity contribution in [2.24, 2.45) is 0 Å². The predicted molar refractivity (Wildman–Crippen MR) is 71.7 cm³/mol. The van der Waals surface area contributed by atoms with Gasteiger partial charge in [0.15, 0.2) is 0 Å². The van der Waals surface area contributed by atoms with Gasteiger partial charge in [0.25, 0.3) is 0 Å². The Morgan fingerprint density at radius 2 is 2.24 bits per heavy atom. The van der Waals surface area contributed by atoms with Crippen molar-refractivity contribution >= 4 is 11.6 Å². The second-order valence-electron chi connectivity index (χ2n) is 5.52. The van der Waals surface area contributed by atoms with Crippen molar-refractivity contribution < 1.29 is 4.74 Å². The fourth-order valence-corrected chi connectivity index (χ4v) is 2.58. The van der Waals surface area contributed by atoms with Crippen molar-refractivity contribution in [3.63, 3.8) is 0 Å². The Balaban J connectivity index is 2.05. The number of nitrogens with one attached hydrogen (secondary N) is 1. The van der Waals surface area contributed by atoms with E-state index in [1.54, 1.807) is 0 Å². The number of ether oxygens (including phenoxy) is 1. The van der Waals surface area contributed by atoms with E-state index in [0.717, 1.165) is 24.7 Å². The predicted octanol–water partition coefficient (Wildman–Crippen LogP) is 2.96. The van der Waals surface area contributed by atoms with Crippen LogP contribution in [0.2, 0.25) is 5.02 Å². The molecule has 1 aliphatic rings. The van der Waals surface area contributed by atoms with Crippen LogP contribution in [0.1, 0.15) is 25.0 Å². The first kappa shape index (κ1) is 12.9. The van der Waals surface area contributed by atoms with Crippen LogP contribution in [0, 0.1) is 6.92 Å². The molecule has 1 N–H and O–H groups in total. The number of benzene rings is 1. The fourth-order valence-electron chi connectivity index (χ4n) is 2.36. The molecule has 1 unspecified atom stereocenters. The summed E-state index contributed by atoms with van der Waals surface area (Å²) in [4.78, 5) is 0. The normalized spacial score (nSPS) is 23.6. The zero-order chi connectivity index (χ0) is 12.5. The highest BCUT2D eigenvalue weighted by Crippen LogP contribution is 2.19. The van der Waals surface area contributed by atoms with Gasteiger partial charge in [-0.3, -0.25) is 0 Å². The molecule has 1 aromatic rings. The Kier molecular flexibility index (Phi) is 3.76. The minimum absolute atomic E-state index is 0.0727. The van der Waals surface area contributed by atoms with E-state index in [4.69, 9.17) is 16.3 Å². The lowest BCUT2D eigenvalue weighted by Gasteiger charge is -2.37. The van der Waals surface area contributed by atoms with Crippen LogP contribution in [-0.2, 0) is 11.2 Å². The van der Waals surface area contributed by atoms with Crippen LogP contribution in [0.5, 0.6) is 0 Å². The first-order chi connectivity index (χ1) is 7.96. The molecular formula is C14H20ClNO. The summed E-state index contributed by atoms with van der Waals surface area (Å²) in [6, 6.07) is 6.48. The van der Waals surface area contributed by atoms with Gasteiger partial charge in [0.2, 0.25) is 0 Å². The number of morpholine rings is 1. The lowest BCUT2D eigenvalue weighted by atomic mass is 9.97. The Morgan fingerprint density at radius 3 is 2.88 bits per heavy atom. The highest BCUT2D eigenvalue weighted by Gasteiger charge is 2.27. The third-order valence-electron chi connectivity index (χ3n) is 3.15. The second kappa shape index (κ2) is 4.97. The van der Waals surface area contributed by atoms with E-state index in [-0.39, 0.29) is 5.54 Å². The SMILES string of the molecule is Cc1cc(Cl)ccc1CC1COCC(C)(C)N1. The highest BCUT2D eigenvalue weighted by atomic mass is 35.5. The van der Waals surface area contributed by atoms with E-state index in [0.29, 0.717) is 6.04 Å². The maximum atomic E-state index is 5.96. The van der Waals surface area contributed by atoms with E-state index in [2.05, 4.69) is 32.2 Å². The lowest BCUT2D eigenvalue weighted by molar-refractivity contribution is 0.0135. The maximum absolute atomic E-state index is 5.96. The average molecular weight is 254 g/mol. The Bertz CT molecular complexity index is 403. The number of rotatable bonds is 2. The van der Waals surface area contributed by atoms with Crippen molar-refractivity contribution in [2.75, 3.05) is 13.2 Å². The molecular weight excluding hydrogens is 234 g/mol. The van der Waals surface area contributed by atoms with Crippen molar-refractivity contribution in [1.29, 1.82) is 0 Å². The molecule has 1 aromatic carbocycles. The van der Waals surface area contributed by atoms with Gasteiger partial charge in [0.1, 0.15) is 0 Å². The molecule has 0 saturated carbocycles. The van der Waals surface area contributed by atoms with E-state index < -0.39 is 0 Å². The summed E-state index contributed by atoms with van der Waals surface area (Å²) in [6.07, 6.45) is 0.992. The molecule has 17 heavy (non-hydrogen) atoms. The highest BCUT2D eigenvalue weighted by molar-refractivity contribution is 6.30. The minimum atomic E-state index is 0.0727. The first-order valence-electron chi connectivity index (χ1n) is 6.07. The Labute approximate surface area is 108 Å². The van der Waals surface area contributed by atoms with E-state index in [1.165, 1.54) is 11.1 Å². The molecule has 0 bridgehead atoms. The topological polar surface area (TPSA) is 21.3 Å². The van der Waals surface area contributed by atoms with Gasteiger partial charge < -0.3 is 10.1 Å². The van der Waals surface area contributed by atoms with Gasteiger partial charge in [-0.25, -0.2) is 0 Å². The van der Waals surface area contributed by atoms with Crippen LogP contribution in [0.15, 0.2) is 18.2 Å². The monoisotopic (exact) mass is 253 g/mol. The van der Waals surface area contributed by atoms with E-state index >= 15 is 0 Å². The smallest absolute Gasteiger partial charge is 0.0643 e. The number of halogens is 1. The fraction of sp³-hybridized carbons (Fsp3) is 0.571. The molecule has 0 aromatic heterocycles. The van der Waals surface area contributed by atoms with Gasteiger partial charge in [-0.15, -0.1) is 0 Å². The molecule has 1 fully saturated rings. The van der Waals surface area contributed by atoms with Gasteiger partial charge in [-0.05, 0) is 50.5 Å². The van der Waals surface area contributed by atoms with Gasteiger partial charge in [0, 0.05) is 16.6 Å². The molecule has 1 saturated heterocycles. The molecule has 3 heteroatoms. The third kappa shape index (κ3) is 3.44. The summed E-state index contributed by atoms with van der Waals surface area (Å²) in [5.74, 6) is 0. The molecule has 0 amide bonds. The Hall–Kier alpha value is -0.570. The standard InChI is InChI=1S/C14H20ClNO/c1-10-6-12(15)5-4-11(10)7-13-8-17-9-14(2,3)16-13/h4-6,13,16H,7-9H2,1-3H3. The minimum Gasteiger partial charge on any atom is -0.378 e. The van der Waals surface area contributed by atoms with Crippen LogP contribution in [0.25, 0.3) is 0 Å². The molecule has 2 nitrogen and oxygen atoms in total. The zero-order valence-electron chi connectivity index (χ0n) is 10.7. The van der Waals surface area contributed by atoms with Crippen molar-refractivity contribution in [1.82, 2.24) is 5.32 Å². The summed E-state index contributed by atoms with van der Waals surface area (Å²) < 4.78 is 5.64. The average Bonchev–Trinajstić information content (AvgIpc) is 2.21. The van der Waals surface area contributed by atoms with Crippen LogP contribution in [-0.4, -0.2) is 24.8 Å². The zero-order valence-corrected chi connectivity index (χ0v) is 11.5. The van der Waals surface area contributed by atoms with Crippen molar-refractivity contribution in [2.45, 2.75) is 38.8 Å².